The van der Waals surface area contributed by atoms with E-state index in [9.17, 15) is 13.2 Å². The van der Waals surface area contributed by atoms with Gasteiger partial charge in [0, 0.05) is 6.54 Å². The molecule has 0 N–H and O–H groups in total. The molecule has 0 aliphatic rings. The molecule has 0 aliphatic carbocycles. The Bertz CT molecular complexity index is 534. The third-order valence-corrected chi connectivity index (χ3v) is 2.28. The SMILES string of the molecule is CCn1cnc2c(Cl)nc(C(F)(F)F)nc21. The van der Waals surface area contributed by atoms with Gasteiger partial charge in [0.05, 0.1) is 6.33 Å². The molecule has 86 valence electrons. The Morgan fingerprint density at radius 1 is 1.38 bits per heavy atom. The third kappa shape index (κ3) is 1.71. The zero-order valence-corrected chi connectivity index (χ0v) is 8.84. The number of aromatic nitrogens is 4. The van der Waals surface area contributed by atoms with Gasteiger partial charge in [-0.2, -0.15) is 13.2 Å². The number of hydrogen-bond acceptors (Lipinski definition) is 3. The van der Waals surface area contributed by atoms with Crippen LogP contribution in [0.1, 0.15) is 12.7 Å². The molecular formula is C8H6ClF3N4. The van der Waals surface area contributed by atoms with Crippen LogP contribution in [-0.2, 0) is 12.7 Å². The number of hydrogen-bond donors (Lipinski definition) is 0. The zero-order valence-electron chi connectivity index (χ0n) is 8.09. The molecule has 0 radical (unpaired) electrons. The molecule has 0 aliphatic heterocycles. The Kier molecular flexibility index (Phi) is 2.49. The number of rotatable bonds is 1. The van der Waals surface area contributed by atoms with Crippen LogP contribution in [-0.4, -0.2) is 19.5 Å². The van der Waals surface area contributed by atoms with Crippen LogP contribution in [0.3, 0.4) is 0 Å². The number of fused-ring (bicyclic) bond motifs is 1. The maximum atomic E-state index is 12.4. The Morgan fingerprint density at radius 2 is 2.06 bits per heavy atom. The molecule has 2 aromatic rings. The molecule has 0 spiro atoms. The molecule has 0 saturated carbocycles. The molecule has 0 atom stereocenters. The first-order valence-corrected chi connectivity index (χ1v) is 4.77. The maximum absolute atomic E-state index is 12.4. The van der Waals surface area contributed by atoms with Crippen LogP contribution in [0.2, 0.25) is 5.15 Å². The molecule has 2 heterocycles. The molecule has 2 rings (SSSR count). The minimum Gasteiger partial charge on any atom is -0.315 e. The highest BCUT2D eigenvalue weighted by Gasteiger charge is 2.36. The van der Waals surface area contributed by atoms with E-state index in [0.717, 1.165) is 0 Å². The van der Waals surface area contributed by atoms with Gasteiger partial charge in [-0.3, -0.25) is 0 Å². The van der Waals surface area contributed by atoms with Crippen molar-refractivity contribution in [2.75, 3.05) is 0 Å². The summed E-state index contributed by atoms with van der Waals surface area (Å²) < 4.78 is 38.7. The second-order valence-corrected chi connectivity index (χ2v) is 3.40. The second kappa shape index (κ2) is 3.58. The van der Waals surface area contributed by atoms with E-state index in [1.165, 1.54) is 10.9 Å². The molecule has 0 fully saturated rings. The van der Waals surface area contributed by atoms with Crippen molar-refractivity contribution in [2.24, 2.45) is 0 Å². The van der Waals surface area contributed by atoms with Crippen molar-refractivity contribution in [3.63, 3.8) is 0 Å². The highest BCUT2D eigenvalue weighted by atomic mass is 35.5. The van der Waals surface area contributed by atoms with Gasteiger partial charge in [0.2, 0.25) is 5.82 Å². The quantitative estimate of drug-likeness (QED) is 0.731. The van der Waals surface area contributed by atoms with E-state index >= 15 is 0 Å². The lowest BCUT2D eigenvalue weighted by Gasteiger charge is -2.05. The van der Waals surface area contributed by atoms with Crippen molar-refractivity contribution in [3.8, 4) is 0 Å². The van der Waals surface area contributed by atoms with Crippen molar-refractivity contribution in [3.05, 3.63) is 17.3 Å². The Balaban J connectivity index is 2.73. The van der Waals surface area contributed by atoms with E-state index in [4.69, 9.17) is 11.6 Å². The minimum absolute atomic E-state index is 0.0924. The van der Waals surface area contributed by atoms with Crippen molar-refractivity contribution >= 4 is 22.8 Å². The first-order valence-electron chi connectivity index (χ1n) is 4.39. The van der Waals surface area contributed by atoms with E-state index in [1.54, 1.807) is 6.92 Å². The van der Waals surface area contributed by atoms with Gasteiger partial charge in [-0.1, -0.05) is 11.6 Å². The van der Waals surface area contributed by atoms with Gasteiger partial charge in [-0.05, 0) is 6.92 Å². The van der Waals surface area contributed by atoms with Crippen molar-refractivity contribution in [2.45, 2.75) is 19.6 Å². The van der Waals surface area contributed by atoms with Gasteiger partial charge in [0.25, 0.3) is 0 Å². The smallest absolute Gasteiger partial charge is 0.315 e. The van der Waals surface area contributed by atoms with Gasteiger partial charge >= 0.3 is 6.18 Å². The van der Waals surface area contributed by atoms with Gasteiger partial charge < -0.3 is 4.57 Å². The zero-order chi connectivity index (χ0) is 11.9. The Labute approximate surface area is 93.1 Å². The van der Waals surface area contributed by atoms with Crippen LogP contribution in [0, 0.1) is 0 Å². The summed E-state index contributed by atoms with van der Waals surface area (Å²) in [5.74, 6) is -1.25. The fourth-order valence-corrected chi connectivity index (χ4v) is 1.48. The molecule has 4 nitrogen and oxygen atoms in total. The summed E-state index contributed by atoms with van der Waals surface area (Å²) in [6.45, 7) is 2.23. The Morgan fingerprint density at radius 3 is 2.62 bits per heavy atom. The summed E-state index contributed by atoms with van der Waals surface area (Å²) in [6, 6.07) is 0. The minimum atomic E-state index is -4.61. The van der Waals surface area contributed by atoms with E-state index in [-0.39, 0.29) is 16.3 Å². The molecule has 16 heavy (non-hydrogen) atoms. The standard InChI is InChI=1S/C8H6ClF3N4/c1-2-16-3-13-4-5(9)14-7(8(10,11)12)15-6(4)16/h3H,2H2,1H3. The number of halogens is 4. The fraction of sp³-hybridized carbons (Fsp3) is 0.375. The number of imidazole rings is 1. The predicted octanol–water partition coefficient (Wildman–Crippen LogP) is 2.52. The average molecular weight is 251 g/mol. The molecular weight excluding hydrogens is 245 g/mol. The van der Waals surface area contributed by atoms with Crippen LogP contribution in [0.25, 0.3) is 11.2 Å². The van der Waals surface area contributed by atoms with Gasteiger partial charge in [-0.15, -0.1) is 0 Å². The fourth-order valence-electron chi connectivity index (χ4n) is 1.27. The summed E-state index contributed by atoms with van der Waals surface area (Å²) >= 11 is 5.61. The van der Waals surface area contributed by atoms with Crippen LogP contribution >= 0.6 is 11.6 Å². The summed E-state index contributed by atoms with van der Waals surface area (Å²) in [4.78, 5) is 10.4. The van der Waals surface area contributed by atoms with Crippen LogP contribution < -0.4 is 0 Å². The number of nitrogens with zero attached hydrogens (tertiary/aromatic N) is 4. The highest BCUT2D eigenvalue weighted by molar-refractivity contribution is 6.33. The summed E-state index contributed by atoms with van der Waals surface area (Å²) in [5.41, 5.74) is 0.270. The Hall–Kier alpha value is -1.37. The van der Waals surface area contributed by atoms with Crippen LogP contribution in [0.15, 0.2) is 6.33 Å². The maximum Gasteiger partial charge on any atom is 0.451 e. The molecule has 0 aromatic carbocycles. The van der Waals surface area contributed by atoms with E-state index < -0.39 is 12.0 Å². The topological polar surface area (TPSA) is 43.6 Å². The first-order chi connectivity index (χ1) is 7.43. The monoisotopic (exact) mass is 250 g/mol. The first kappa shape index (κ1) is 11.1. The molecule has 0 bridgehead atoms. The average Bonchev–Trinajstić information content (AvgIpc) is 2.59. The van der Waals surface area contributed by atoms with Gasteiger partial charge in [0.15, 0.2) is 10.8 Å². The summed E-state index contributed by atoms with van der Waals surface area (Å²) in [6.07, 6.45) is -3.23. The molecule has 0 unspecified atom stereocenters. The van der Waals surface area contributed by atoms with Crippen LogP contribution in [0.4, 0.5) is 13.2 Å². The molecule has 2 aromatic heterocycles. The molecule has 0 saturated heterocycles. The largest absolute Gasteiger partial charge is 0.451 e. The number of alkyl halides is 3. The van der Waals surface area contributed by atoms with Crippen molar-refractivity contribution < 1.29 is 13.2 Å². The predicted molar refractivity (Wildman–Crippen MR) is 51.0 cm³/mol. The van der Waals surface area contributed by atoms with Crippen molar-refractivity contribution in [1.82, 2.24) is 19.5 Å². The van der Waals surface area contributed by atoms with Gasteiger partial charge in [0.1, 0.15) is 5.52 Å². The third-order valence-electron chi connectivity index (χ3n) is 2.02. The molecule has 8 heteroatoms. The number of aryl methyl sites for hydroxylation is 1. The van der Waals surface area contributed by atoms with Crippen LogP contribution in [0.5, 0.6) is 0 Å². The summed E-state index contributed by atoms with van der Waals surface area (Å²) in [5, 5.41) is -0.287. The second-order valence-electron chi connectivity index (χ2n) is 3.04. The summed E-state index contributed by atoms with van der Waals surface area (Å²) in [7, 11) is 0. The van der Waals surface area contributed by atoms with E-state index in [0.29, 0.717) is 6.54 Å². The lowest BCUT2D eigenvalue weighted by atomic mass is 10.5. The molecule has 0 amide bonds. The van der Waals surface area contributed by atoms with E-state index in [2.05, 4.69) is 15.0 Å². The lowest BCUT2D eigenvalue weighted by Crippen LogP contribution is -2.12. The van der Waals surface area contributed by atoms with Crippen molar-refractivity contribution in [1.29, 1.82) is 0 Å². The van der Waals surface area contributed by atoms with E-state index in [1.807, 2.05) is 0 Å². The lowest BCUT2D eigenvalue weighted by molar-refractivity contribution is -0.144. The normalized spacial score (nSPS) is 12.3. The van der Waals surface area contributed by atoms with Gasteiger partial charge in [-0.25, -0.2) is 15.0 Å². The highest BCUT2D eigenvalue weighted by Crippen LogP contribution is 2.29.